The molecule has 8 heteroatoms. The summed E-state index contributed by atoms with van der Waals surface area (Å²) >= 11 is 1.89. The fourth-order valence-electron chi connectivity index (χ4n) is 2.69. The fourth-order valence-corrected chi connectivity index (χ4v) is 3.67. The molecule has 1 atom stereocenters. The van der Waals surface area contributed by atoms with Crippen LogP contribution in [0.25, 0.3) is 0 Å². The summed E-state index contributed by atoms with van der Waals surface area (Å²) in [4.78, 5) is 21.6. The summed E-state index contributed by atoms with van der Waals surface area (Å²) in [5, 5.41) is 8.82. The van der Waals surface area contributed by atoms with Crippen molar-refractivity contribution in [1.82, 2.24) is 0 Å². The van der Waals surface area contributed by atoms with Crippen molar-refractivity contribution in [2.75, 3.05) is 18.1 Å². The lowest BCUT2D eigenvalue weighted by Gasteiger charge is -2.07. The molecule has 0 aromatic heterocycles. The van der Waals surface area contributed by atoms with Gasteiger partial charge in [0.25, 0.3) is 0 Å². The van der Waals surface area contributed by atoms with Crippen molar-refractivity contribution in [2.45, 2.75) is 103 Å². The first-order valence-corrected chi connectivity index (χ1v) is 13.3. The normalized spacial score (nSPS) is 12.5. The highest BCUT2D eigenvalue weighted by Crippen LogP contribution is 2.25. The van der Waals surface area contributed by atoms with Crippen LogP contribution in [0.3, 0.4) is 0 Å². The lowest BCUT2D eigenvalue weighted by atomic mass is 10.0. The van der Waals surface area contributed by atoms with E-state index in [1.807, 2.05) is 11.8 Å². The van der Waals surface area contributed by atoms with E-state index in [0.29, 0.717) is 0 Å². The maximum atomic E-state index is 8.88. The van der Waals surface area contributed by atoms with Crippen LogP contribution in [-0.4, -0.2) is 43.9 Å². The Bertz CT molecular complexity index is 323. The minimum Gasteiger partial charge on any atom is -0.395 e. The molecule has 0 bridgehead atoms. The van der Waals surface area contributed by atoms with Gasteiger partial charge in [-0.15, -0.1) is 0 Å². The maximum absolute atomic E-state index is 8.88. The molecule has 0 saturated carbocycles. The summed E-state index contributed by atoms with van der Waals surface area (Å²) in [5.41, 5.74) is 5.66. The predicted molar refractivity (Wildman–Crippen MR) is 117 cm³/mol. The van der Waals surface area contributed by atoms with E-state index in [-0.39, 0.29) is 12.6 Å². The molecule has 0 radical (unpaired) electrons. The van der Waals surface area contributed by atoms with Gasteiger partial charge in [0.2, 0.25) is 0 Å². The maximum Gasteiger partial charge on any atom is 0.466 e. The molecule has 0 aliphatic heterocycles. The number of unbranched alkanes of at least 4 members (excludes halogenated alkanes) is 13. The van der Waals surface area contributed by atoms with Crippen molar-refractivity contribution in [1.29, 1.82) is 0 Å². The second kappa shape index (κ2) is 22.7. The second-order valence-electron chi connectivity index (χ2n) is 7.13. The van der Waals surface area contributed by atoms with Crippen LogP contribution >= 0.6 is 19.6 Å². The molecule has 0 aliphatic rings. The zero-order valence-corrected chi connectivity index (χ0v) is 18.9. The van der Waals surface area contributed by atoms with E-state index < -0.39 is 7.82 Å². The highest BCUT2D eigenvalue weighted by atomic mass is 32.2. The van der Waals surface area contributed by atoms with E-state index >= 15 is 0 Å². The molecule has 0 heterocycles. The minimum absolute atomic E-state index is 0.0309. The Morgan fingerprint density at radius 3 is 1.44 bits per heavy atom. The largest absolute Gasteiger partial charge is 0.466 e. The van der Waals surface area contributed by atoms with Crippen LogP contribution in [0.1, 0.15) is 96.8 Å². The lowest BCUT2D eigenvalue weighted by Crippen LogP contribution is -2.27. The number of nitrogens with two attached hydrogens (primary N) is 1. The Morgan fingerprint density at radius 2 is 1.11 bits per heavy atom. The molecule has 6 nitrogen and oxygen atoms in total. The topological polar surface area (TPSA) is 124 Å². The van der Waals surface area contributed by atoms with Gasteiger partial charge in [-0.25, -0.2) is 4.57 Å². The Labute approximate surface area is 171 Å². The third-order valence-corrected chi connectivity index (χ3v) is 5.45. The van der Waals surface area contributed by atoms with Crippen molar-refractivity contribution in [3.63, 3.8) is 0 Å². The molecule has 0 aliphatic carbocycles. The highest BCUT2D eigenvalue weighted by molar-refractivity contribution is 7.99. The van der Waals surface area contributed by atoms with E-state index in [1.165, 1.54) is 95.6 Å². The molecular formula is C19H44NO5PS. The van der Waals surface area contributed by atoms with Gasteiger partial charge in [0.1, 0.15) is 0 Å². The van der Waals surface area contributed by atoms with Crippen molar-refractivity contribution >= 4 is 19.6 Å². The zero-order chi connectivity index (χ0) is 20.8. The van der Waals surface area contributed by atoms with Gasteiger partial charge in [0.15, 0.2) is 0 Å². The van der Waals surface area contributed by atoms with Crippen molar-refractivity contribution in [3.8, 4) is 0 Å². The van der Waals surface area contributed by atoms with Gasteiger partial charge in [-0.05, 0) is 12.2 Å². The van der Waals surface area contributed by atoms with Gasteiger partial charge in [-0.3, -0.25) is 0 Å². The van der Waals surface area contributed by atoms with Crippen molar-refractivity contribution in [3.05, 3.63) is 0 Å². The first kappa shape index (κ1) is 29.6. The monoisotopic (exact) mass is 429 g/mol. The van der Waals surface area contributed by atoms with Crippen LogP contribution in [-0.2, 0) is 4.57 Å². The third kappa shape index (κ3) is 37.8. The van der Waals surface area contributed by atoms with Gasteiger partial charge < -0.3 is 25.5 Å². The first-order valence-electron chi connectivity index (χ1n) is 10.5. The van der Waals surface area contributed by atoms with Gasteiger partial charge >= 0.3 is 7.82 Å². The number of hydrogen-bond acceptors (Lipinski definition) is 4. The lowest BCUT2D eigenvalue weighted by molar-refractivity contribution is 0.275. The first-order chi connectivity index (χ1) is 12.8. The Balaban J connectivity index is 0. The van der Waals surface area contributed by atoms with Gasteiger partial charge in [0, 0.05) is 11.8 Å². The second-order valence-corrected chi connectivity index (χ2v) is 9.30. The molecule has 0 fully saturated rings. The summed E-state index contributed by atoms with van der Waals surface area (Å²) in [7, 11) is -4.64. The number of thioether (sulfide) groups is 1. The van der Waals surface area contributed by atoms with Gasteiger partial charge in [-0.2, -0.15) is 11.8 Å². The molecule has 0 aromatic rings. The van der Waals surface area contributed by atoms with Crippen molar-refractivity contribution < 1.29 is 24.4 Å². The van der Waals surface area contributed by atoms with Gasteiger partial charge in [0.05, 0.1) is 6.61 Å². The summed E-state index contributed by atoms with van der Waals surface area (Å²) in [5.74, 6) is 2.10. The SMILES string of the molecule is CCCCCCCCCCCCCCCCSCC(N)CO.O=P(O)(O)O. The summed E-state index contributed by atoms with van der Waals surface area (Å²) < 4.78 is 8.88. The van der Waals surface area contributed by atoms with Crippen LogP contribution in [0, 0.1) is 0 Å². The van der Waals surface area contributed by atoms with E-state index in [9.17, 15) is 0 Å². The number of phosphoric acid groups is 1. The molecule has 0 spiro atoms. The molecule has 27 heavy (non-hydrogen) atoms. The number of aliphatic hydroxyl groups is 1. The highest BCUT2D eigenvalue weighted by Gasteiger charge is 2.00. The van der Waals surface area contributed by atoms with Crippen LogP contribution < -0.4 is 5.73 Å². The molecular weight excluding hydrogens is 385 g/mol. The van der Waals surface area contributed by atoms with E-state index in [4.69, 9.17) is 30.1 Å². The van der Waals surface area contributed by atoms with E-state index in [0.717, 1.165) is 5.75 Å². The van der Waals surface area contributed by atoms with Crippen LogP contribution in [0.5, 0.6) is 0 Å². The number of rotatable bonds is 18. The molecule has 1 unspecified atom stereocenters. The Hall–Kier alpha value is 0.380. The zero-order valence-electron chi connectivity index (χ0n) is 17.2. The molecule has 0 aromatic carbocycles. The van der Waals surface area contributed by atoms with Crippen LogP contribution in [0.4, 0.5) is 0 Å². The van der Waals surface area contributed by atoms with E-state index in [2.05, 4.69) is 6.92 Å². The smallest absolute Gasteiger partial charge is 0.395 e. The minimum atomic E-state index is -4.64. The van der Waals surface area contributed by atoms with Crippen LogP contribution in [0.2, 0.25) is 0 Å². The average molecular weight is 430 g/mol. The fraction of sp³-hybridized carbons (Fsp3) is 1.00. The molecule has 0 saturated heterocycles. The molecule has 6 N–H and O–H groups in total. The average Bonchev–Trinajstić information content (AvgIpc) is 2.59. The summed E-state index contributed by atoms with van der Waals surface area (Å²) in [6, 6.07) is -0.0309. The number of aliphatic hydroxyl groups excluding tert-OH is 1. The Morgan fingerprint density at radius 1 is 0.778 bits per heavy atom. The van der Waals surface area contributed by atoms with Gasteiger partial charge in [-0.1, -0.05) is 90.4 Å². The third-order valence-electron chi connectivity index (χ3n) is 4.21. The quantitative estimate of drug-likeness (QED) is 0.159. The standard InChI is InChI=1S/C19H41NOS.H3O4P/c1-2-3-4-5-6-7-8-9-10-11-12-13-14-15-16-22-18-19(20)17-21;1-5(2,3)4/h19,21H,2-18,20H2,1H3;(H3,1,2,3,4). The predicted octanol–water partition coefficient (Wildman–Crippen LogP) is 4.59. The van der Waals surface area contributed by atoms with E-state index in [1.54, 1.807) is 0 Å². The van der Waals surface area contributed by atoms with Crippen molar-refractivity contribution in [2.24, 2.45) is 5.73 Å². The van der Waals surface area contributed by atoms with Crippen LogP contribution in [0.15, 0.2) is 0 Å². The summed E-state index contributed by atoms with van der Waals surface area (Å²) in [6.45, 7) is 2.40. The Kier molecular flexibility index (Phi) is 24.8. The number of hydrogen-bond donors (Lipinski definition) is 5. The molecule has 0 amide bonds. The molecule has 166 valence electrons. The summed E-state index contributed by atoms with van der Waals surface area (Å²) in [6.07, 6.45) is 19.8. The molecule has 0 rings (SSSR count).